The molecule has 0 aliphatic carbocycles. The van der Waals surface area contributed by atoms with Crippen LogP contribution >= 0.6 is 0 Å². The summed E-state index contributed by atoms with van der Waals surface area (Å²) in [6.07, 6.45) is 1.62. The third kappa shape index (κ3) is 4.67. The van der Waals surface area contributed by atoms with Crippen molar-refractivity contribution in [1.29, 1.82) is 0 Å². The Labute approximate surface area is 184 Å². The molecule has 0 unspecified atom stereocenters. The van der Waals surface area contributed by atoms with Crippen molar-refractivity contribution >= 4 is 17.4 Å². The van der Waals surface area contributed by atoms with Crippen LogP contribution in [0, 0.1) is 0 Å². The van der Waals surface area contributed by atoms with Crippen molar-refractivity contribution in [2.45, 2.75) is 6.54 Å². The lowest BCUT2D eigenvalue weighted by atomic mass is 10.2. The van der Waals surface area contributed by atoms with Crippen LogP contribution in [0.5, 0.6) is 11.5 Å². The molecule has 4 rings (SSSR count). The van der Waals surface area contributed by atoms with E-state index in [0.717, 1.165) is 11.3 Å². The molecule has 0 aliphatic heterocycles. The first kappa shape index (κ1) is 20.9. The number of aromatic nitrogens is 4. The number of H-pyrrole nitrogens is 1. The van der Waals surface area contributed by atoms with Crippen LogP contribution in [0.3, 0.4) is 0 Å². The Hall–Kier alpha value is -4.40. The highest BCUT2D eigenvalue weighted by atomic mass is 16.5. The molecule has 0 saturated heterocycles. The summed E-state index contributed by atoms with van der Waals surface area (Å²) in [6.45, 7) is 0.185. The normalized spacial score (nSPS) is 10.4. The molecule has 9 heteroatoms. The van der Waals surface area contributed by atoms with Gasteiger partial charge in [-0.1, -0.05) is 12.1 Å². The van der Waals surface area contributed by atoms with Crippen LogP contribution in [0.2, 0.25) is 0 Å². The SMILES string of the molecule is COc1ccc(-c2n[nH]c(CNC(=O)c3cccnc3Nc3ccccc3OC)n2)cc1. The number of hydrogen-bond acceptors (Lipinski definition) is 7. The number of hydrogen-bond donors (Lipinski definition) is 3. The number of amides is 1. The van der Waals surface area contributed by atoms with Gasteiger partial charge in [-0.3, -0.25) is 9.89 Å². The van der Waals surface area contributed by atoms with E-state index in [0.29, 0.717) is 34.5 Å². The number of aromatic amines is 1. The zero-order chi connectivity index (χ0) is 22.3. The Morgan fingerprint density at radius 2 is 1.81 bits per heavy atom. The van der Waals surface area contributed by atoms with Crippen LogP contribution in [0.25, 0.3) is 11.4 Å². The molecule has 162 valence electrons. The van der Waals surface area contributed by atoms with Crippen molar-refractivity contribution < 1.29 is 14.3 Å². The van der Waals surface area contributed by atoms with Crippen molar-refractivity contribution in [2.24, 2.45) is 0 Å². The number of nitrogens with zero attached hydrogens (tertiary/aromatic N) is 3. The fourth-order valence-electron chi connectivity index (χ4n) is 3.07. The first-order valence-corrected chi connectivity index (χ1v) is 9.87. The molecule has 2 heterocycles. The Bertz CT molecular complexity index is 1210. The fraction of sp³-hybridized carbons (Fsp3) is 0.130. The smallest absolute Gasteiger partial charge is 0.255 e. The average molecular weight is 430 g/mol. The van der Waals surface area contributed by atoms with Crippen LogP contribution in [-0.2, 0) is 6.54 Å². The molecular weight excluding hydrogens is 408 g/mol. The molecule has 32 heavy (non-hydrogen) atoms. The zero-order valence-corrected chi connectivity index (χ0v) is 17.6. The summed E-state index contributed by atoms with van der Waals surface area (Å²) in [4.78, 5) is 21.6. The minimum absolute atomic E-state index is 0.185. The fourth-order valence-corrected chi connectivity index (χ4v) is 3.07. The predicted molar refractivity (Wildman–Crippen MR) is 120 cm³/mol. The first-order chi connectivity index (χ1) is 15.7. The van der Waals surface area contributed by atoms with Crippen molar-refractivity contribution in [3.63, 3.8) is 0 Å². The van der Waals surface area contributed by atoms with Gasteiger partial charge in [0.25, 0.3) is 5.91 Å². The molecule has 0 atom stereocenters. The molecular formula is C23H22N6O3. The lowest BCUT2D eigenvalue weighted by Gasteiger charge is -2.13. The van der Waals surface area contributed by atoms with Crippen LogP contribution in [0.4, 0.5) is 11.5 Å². The Kier molecular flexibility index (Phi) is 6.26. The summed E-state index contributed by atoms with van der Waals surface area (Å²) in [5, 5.41) is 13.1. The third-order valence-corrected chi connectivity index (χ3v) is 4.71. The van der Waals surface area contributed by atoms with E-state index in [1.807, 2.05) is 48.5 Å². The van der Waals surface area contributed by atoms with Crippen LogP contribution < -0.4 is 20.1 Å². The Morgan fingerprint density at radius 3 is 2.59 bits per heavy atom. The average Bonchev–Trinajstić information content (AvgIpc) is 3.32. The topological polar surface area (TPSA) is 114 Å². The lowest BCUT2D eigenvalue weighted by molar-refractivity contribution is 0.0950. The second-order valence-corrected chi connectivity index (χ2v) is 6.74. The van der Waals surface area contributed by atoms with E-state index in [4.69, 9.17) is 9.47 Å². The van der Waals surface area contributed by atoms with Crippen molar-refractivity contribution in [3.8, 4) is 22.9 Å². The Balaban J connectivity index is 1.44. The number of carbonyl (C=O) groups is 1. The number of para-hydroxylation sites is 2. The van der Waals surface area contributed by atoms with Crippen molar-refractivity contribution in [1.82, 2.24) is 25.5 Å². The van der Waals surface area contributed by atoms with E-state index in [1.165, 1.54) is 0 Å². The highest BCUT2D eigenvalue weighted by Crippen LogP contribution is 2.27. The van der Waals surface area contributed by atoms with Gasteiger partial charge in [-0.05, 0) is 48.5 Å². The molecule has 2 aromatic heterocycles. The van der Waals surface area contributed by atoms with Gasteiger partial charge in [0.2, 0.25) is 0 Å². The molecule has 3 N–H and O–H groups in total. The quantitative estimate of drug-likeness (QED) is 0.392. The number of ether oxygens (including phenoxy) is 2. The van der Waals surface area contributed by atoms with Crippen LogP contribution in [-0.4, -0.2) is 40.3 Å². The maximum absolute atomic E-state index is 12.8. The zero-order valence-electron chi connectivity index (χ0n) is 17.6. The van der Waals surface area contributed by atoms with Gasteiger partial charge in [0.15, 0.2) is 5.82 Å². The summed E-state index contributed by atoms with van der Waals surface area (Å²) in [7, 11) is 3.20. The summed E-state index contributed by atoms with van der Waals surface area (Å²) in [6, 6.07) is 18.2. The summed E-state index contributed by atoms with van der Waals surface area (Å²) in [5.41, 5.74) is 1.95. The molecule has 0 aliphatic rings. The van der Waals surface area contributed by atoms with Gasteiger partial charge in [0.1, 0.15) is 23.1 Å². The third-order valence-electron chi connectivity index (χ3n) is 4.71. The maximum Gasteiger partial charge on any atom is 0.255 e. The standard InChI is InChI=1S/C23H22N6O3/c1-31-16-11-9-15(10-12-16)21-27-20(28-29-21)14-25-23(30)17-6-5-13-24-22(17)26-18-7-3-4-8-19(18)32-2/h3-13H,14H2,1-2H3,(H,24,26)(H,25,30)(H,27,28,29). The molecule has 0 saturated carbocycles. The largest absolute Gasteiger partial charge is 0.497 e. The number of pyridine rings is 1. The summed E-state index contributed by atoms with van der Waals surface area (Å²) in [5.74, 6) is 2.61. The number of anilines is 2. The van der Waals surface area contributed by atoms with Gasteiger partial charge < -0.3 is 20.1 Å². The van der Waals surface area contributed by atoms with Gasteiger partial charge >= 0.3 is 0 Å². The highest BCUT2D eigenvalue weighted by Gasteiger charge is 2.15. The second kappa shape index (κ2) is 9.61. The monoisotopic (exact) mass is 430 g/mol. The minimum Gasteiger partial charge on any atom is -0.497 e. The van der Waals surface area contributed by atoms with Crippen molar-refractivity contribution in [2.75, 3.05) is 19.5 Å². The van der Waals surface area contributed by atoms with Gasteiger partial charge in [-0.15, -0.1) is 0 Å². The Morgan fingerprint density at radius 1 is 1.00 bits per heavy atom. The maximum atomic E-state index is 12.8. The lowest BCUT2D eigenvalue weighted by Crippen LogP contribution is -2.24. The first-order valence-electron chi connectivity index (χ1n) is 9.87. The number of nitrogens with one attached hydrogen (secondary N) is 3. The molecule has 4 aromatic rings. The summed E-state index contributed by atoms with van der Waals surface area (Å²) >= 11 is 0. The number of benzene rings is 2. The molecule has 0 bridgehead atoms. The van der Waals surface area contributed by atoms with Gasteiger partial charge in [0.05, 0.1) is 32.0 Å². The second-order valence-electron chi connectivity index (χ2n) is 6.74. The number of rotatable bonds is 8. The van der Waals surface area contributed by atoms with Gasteiger partial charge in [0, 0.05) is 11.8 Å². The van der Waals surface area contributed by atoms with Gasteiger partial charge in [-0.2, -0.15) is 5.10 Å². The van der Waals surface area contributed by atoms with E-state index in [9.17, 15) is 4.79 Å². The van der Waals surface area contributed by atoms with Crippen LogP contribution in [0.15, 0.2) is 66.9 Å². The van der Waals surface area contributed by atoms with Crippen LogP contribution in [0.1, 0.15) is 16.2 Å². The summed E-state index contributed by atoms with van der Waals surface area (Å²) < 4.78 is 10.5. The van der Waals surface area contributed by atoms with E-state index in [-0.39, 0.29) is 12.5 Å². The molecule has 0 radical (unpaired) electrons. The number of methoxy groups -OCH3 is 2. The minimum atomic E-state index is -0.294. The van der Waals surface area contributed by atoms with E-state index < -0.39 is 0 Å². The van der Waals surface area contributed by atoms with Gasteiger partial charge in [-0.25, -0.2) is 9.97 Å². The molecule has 1 amide bonds. The van der Waals surface area contributed by atoms with E-state index in [2.05, 4.69) is 30.8 Å². The van der Waals surface area contributed by atoms with Crippen molar-refractivity contribution in [3.05, 3.63) is 78.2 Å². The molecule has 9 nitrogen and oxygen atoms in total. The number of carbonyl (C=O) groups excluding carboxylic acids is 1. The highest BCUT2D eigenvalue weighted by molar-refractivity contribution is 5.99. The molecule has 0 fully saturated rings. The van der Waals surface area contributed by atoms with E-state index in [1.54, 1.807) is 32.5 Å². The molecule has 0 spiro atoms. The predicted octanol–water partition coefficient (Wildman–Crippen LogP) is 3.56. The molecule has 2 aromatic carbocycles. The van der Waals surface area contributed by atoms with E-state index >= 15 is 0 Å².